The normalized spacial score (nSPS) is 18.5. The third-order valence-electron chi connectivity index (χ3n) is 5.79. The van der Waals surface area contributed by atoms with Gasteiger partial charge in [0, 0.05) is 18.5 Å². The van der Waals surface area contributed by atoms with Crippen molar-refractivity contribution in [3.8, 4) is 0 Å². The third-order valence-corrected chi connectivity index (χ3v) is 6.91. The van der Waals surface area contributed by atoms with Crippen molar-refractivity contribution in [2.24, 2.45) is 0 Å². The summed E-state index contributed by atoms with van der Waals surface area (Å²) in [5, 5.41) is 22.0. The summed E-state index contributed by atoms with van der Waals surface area (Å²) in [6, 6.07) is 7.44. The number of sulfone groups is 1. The molecule has 0 fully saturated rings. The van der Waals surface area contributed by atoms with Gasteiger partial charge in [-0.3, -0.25) is 9.59 Å². The first-order valence-electron chi connectivity index (χ1n) is 10.5. The number of rotatable bonds is 6. The van der Waals surface area contributed by atoms with Crippen LogP contribution < -0.4 is 5.32 Å². The van der Waals surface area contributed by atoms with Gasteiger partial charge in [-0.1, -0.05) is 18.2 Å². The highest BCUT2D eigenvalue weighted by Crippen LogP contribution is 2.39. The van der Waals surface area contributed by atoms with Crippen LogP contribution in [0.3, 0.4) is 0 Å². The van der Waals surface area contributed by atoms with Crippen LogP contribution in [0.15, 0.2) is 47.4 Å². The van der Waals surface area contributed by atoms with E-state index in [0.29, 0.717) is 18.1 Å². The number of hydrogen-bond acceptors (Lipinski definition) is 6. The summed E-state index contributed by atoms with van der Waals surface area (Å²) in [7, 11) is -3.54. The Kier molecular flexibility index (Phi) is 7.04. The summed E-state index contributed by atoms with van der Waals surface area (Å²) in [4.78, 5) is 27.2. The van der Waals surface area contributed by atoms with E-state index in [1.165, 1.54) is 42.2 Å². The van der Waals surface area contributed by atoms with Crippen molar-refractivity contribution in [3.63, 3.8) is 0 Å². The average molecular weight is 515 g/mol. The molecule has 1 aliphatic rings. The van der Waals surface area contributed by atoms with E-state index in [9.17, 15) is 41.4 Å². The van der Waals surface area contributed by atoms with Gasteiger partial charge in [-0.05, 0) is 54.8 Å². The minimum Gasteiger partial charge on any atom is -0.393 e. The third kappa shape index (κ3) is 5.49. The molecule has 3 N–H and O–H groups in total. The average Bonchev–Trinajstić information content (AvgIpc) is 3.11. The topological polar surface area (TPSA) is 124 Å². The maximum atomic E-state index is 13.2. The van der Waals surface area contributed by atoms with Crippen LogP contribution in [0.4, 0.5) is 18.9 Å². The molecule has 2 aromatic rings. The van der Waals surface area contributed by atoms with E-state index in [-0.39, 0.29) is 23.5 Å². The van der Waals surface area contributed by atoms with E-state index in [2.05, 4.69) is 5.32 Å². The fourth-order valence-corrected chi connectivity index (χ4v) is 4.47. The van der Waals surface area contributed by atoms with E-state index < -0.39 is 51.1 Å². The van der Waals surface area contributed by atoms with Crippen LogP contribution in [0.25, 0.3) is 0 Å². The van der Waals surface area contributed by atoms with Crippen LogP contribution in [0.1, 0.15) is 43.0 Å². The molecule has 0 aliphatic carbocycles. The zero-order valence-electron chi connectivity index (χ0n) is 19.1. The number of carbonyl (C=O) groups is 2. The number of carbonyl (C=O) groups excluding carboxylic acids is 2. The molecule has 2 aromatic carbocycles. The van der Waals surface area contributed by atoms with Crippen molar-refractivity contribution >= 4 is 27.3 Å². The second-order valence-corrected chi connectivity index (χ2v) is 10.8. The predicted octanol–water partition coefficient (Wildman–Crippen LogP) is 2.65. The smallest absolute Gasteiger partial charge is 0.393 e. The number of fused-ring (bicyclic) bond motifs is 1. The summed E-state index contributed by atoms with van der Waals surface area (Å²) in [6.45, 7) is 1.97. The van der Waals surface area contributed by atoms with Gasteiger partial charge in [0.15, 0.2) is 15.4 Å². The molecule has 0 bridgehead atoms. The monoisotopic (exact) mass is 514 g/mol. The lowest BCUT2D eigenvalue weighted by Crippen LogP contribution is -2.39. The molecule has 0 saturated heterocycles. The molecular weight excluding hydrogens is 489 g/mol. The first kappa shape index (κ1) is 26.6. The number of nitrogens with one attached hydrogen (secondary N) is 1. The highest BCUT2D eigenvalue weighted by atomic mass is 32.2. The Labute approximate surface area is 200 Å². The highest BCUT2D eigenvalue weighted by Gasteiger charge is 2.51. The molecule has 3 rings (SSSR count). The fourth-order valence-electron chi connectivity index (χ4n) is 3.80. The van der Waals surface area contributed by atoms with E-state index in [1.54, 1.807) is 0 Å². The number of anilines is 1. The minimum atomic E-state index is -4.90. The zero-order valence-corrected chi connectivity index (χ0v) is 19.9. The van der Waals surface area contributed by atoms with Crippen molar-refractivity contribution in [2.45, 2.75) is 55.6 Å². The number of amides is 2. The molecule has 1 aliphatic heterocycles. The number of aliphatic hydroxyl groups is 2. The number of hydrogen-bond donors (Lipinski definition) is 3. The fraction of sp³-hybridized carbons (Fsp3) is 0.391. The second-order valence-electron chi connectivity index (χ2n) is 8.75. The van der Waals surface area contributed by atoms with Crippen molar-refractivity contribution < 1.29 is 41.4 Å². The highest BCUT2D eigenvalue weighted by molar-refractivity contribution is 7.90. The summed E-state index contributed by atoms with van der Waals surface area (Å²) in [5.41, 5.74) is -2.53. The molecule has 2 unspecified atom stereocenters. The van der Waals surface area contributed by atoms with Crippen LogP contribution in [0.2, 0.25) is 0 Å². The van der Waals surface area contributed by atoms with Gasteiger partial charge in [-0.25, -0.2) is 8.42 Å². The summed E-state index contributed by atoms with van der Waals surface area (Å²) in [6.07, 6.45) is -5.11. The number of benzene rings is 2. The Morgan fingerprint density at radius 3 is 2.29 bits per heavy atom. The maximum absolute atomic E-state index is 13.2. The van der Waals surface area contributed by atoms with Crippen molar-refractivity contribution in [1.29, 1.82) is 0 Å². The molecule has 0 saturated carbocycles. The first-order chi connectivity index (χ1) is 16.0. The molecular formula is C23H25F3N2O6S. The molecule has 1 heterocycles. The van der Waals surface area contributed by atoms with Gasteiger partial charge in [-0.15, -0.1) is 0 Å². The van der Waals surface area contributed by atoms with Gasteiger partial charge in [0.05, 0.1) is 17.4 Å². The van der Waals surface area contributed by atoms with Gasteiger partial charge in [0.1, 0.15) is 6.04 Å². The molecule has 3 atom stereocenters. The number of alkyl halides is 3. The molecule has 0 spiro atoms. The van der Waals surface area contributed by atoms with E-state index in [0.717, 1.165) is 18.4 Å². The van der Waals surface area contributed by atoms with Gasteiger partial charge in [0.2, 0.25) is 5.91 Å². The van der Waals surface area contributed by atoms with Crippen LogP contribution in [-0.4, -0.2) is 53.9 Å². The molecule has 190 valence electrons. The van der Waals surface area contributed by atoms with Gasteiger partial charge in [-0.2, -0.15) is 13.2 Å². The first-order valence-corrected chi connectivity index (χ1v) is 12.4. The molecule has 12 heteroatoms. The van der Waals surface area contributed by atoms with Crippen molar-refractivity contribution in [1.82, 2.24) is 4.90 Å². The molecule has 0 radical (unpaired) electrons. The molecule has 0 aromatic heterocycles. The van der Waals surface area contributed by atoms with Crippen LogP contribution >= 0.6 is 0 Å². The standard InChI is InChI=1S/C23H25F3N2O6S/c1-13(29)10-19(30)28-12-14-11-17(35(3,33)34)8-9-18(14)20(28)21(31)27-16-6-4-15(5-7-16)22(2,32)23(24,25)26/h4-9,11,13,20,29,32H,10,12H2,1-3H3,(H,27,31)/t13-,20?,22?/m1/s1. The second kappa shape index (κ2) is 9.25. The van der Waals surface area contributed by atoms with Crippen LogP contribution in [-0.2, 0) is 31.6 Å². The van der Waals surface area contributed by atoms with E-state index in [1.807, 2.05) is 0 Å². The lowest BCUT2D eigenvalue weighted by molar-refractivity contribution is -0.258. The SMILES string of the molecule is C[C@@H](O)CC(=O)N1Cc2cc(S(C)(=O)=O)ccc2C1C(=O)Nc1ccc(C(C)(O)C(F)(F)F)cc1. The van der Waals surface area contributed by atoms with E-state index >= 15 is 0 Å². The summed E-state index contributed by atoms with van der Waals surface area (Å²) >= 11 is 0. The van der Waals surface area contributed by atoms with Gasteiger partial charge < -0.3 is 20.4 Å². The van der Waals surface area contributed by atoms with Crippen molar-refractivity contribution in [2.75, 3.05) is 11.6 Å². The number of aliphatic hydroxyl groups excluding tert-OH is 1. The predicted molar refractivity (Wildman–Crippen MR) is 120 cm³/mol. The molecule has 2 amide bonds. The summed E-state index contributed by atoms with van der Waals surface area (Å²) in [5.74, 6) is -1.21. The quantitative estimate of drug-likeness (QED) is 0.545. The van der Waals surface area contributed by atoms with Crippen LogP contribution in [0.5, 0.6) is 0 Å². The zero-order chi connectivity index (χ0) is 26.3. The Bertz CT molecular complexity index is 1240. The largest absolute Gasteiger partial charge is 0.421 e. The molecule has 8 nitrogen and oxygen atoms in total. The Morgan fingerprint density at radius 1 is 1.17 bits per heavy atom. The van der Waals surface area contributed by atoms with Gasteiger partial charge in [0.25, 0.3) is 5.91 Å². The summed E-state index contributed by atoms with van der Waals surface area (Å²) < 4.78 is 63.1. The van der Waals surface area contributed by atoms with Crippen molar-refractivity contribution in [3.05, 3.63) is 59.2 Å². The lowest BCUT2D eigenvalue weighted by atomic mass is 9.95. The van der Waals surface area contributed by atoms with Gasteiger partial charge >= 0.3 is 6.18 Å². The lowest BCUT2D eigenvalue weighted by Gasteiger charge is -2.27. The Hall–Kier alpha value is -2.96. The van der Waals surface area contributed by atoms with E-state index in [4.69, 9.17) is 0 Å². The Morgan fingerprint density at radius 2 is 1.77 bits per heavy atom. The minimum absolute atomic E-state index is 0.0209. The Balaban J connectivity index is 1.92. The molecule has 35 heavy (non-hydrogen) atoms. The number of nitrogens with zero attached hydrogens (tertiary/aromatic N) is 1. The maximum Gasteiger partial charge on any atom is 0.421 e. The number of halogens is 3. The van der Waals surface area contributed by atoms with Crippen LogP contribution in [0, 0.1) is 0 Å².